The topological polar surface area (TPSA) is 25.8 Å². The highest BCUT2D eigenvalue weighted by atomic mass is 15.1. The van der Waals surface area contributed by atoms with E-state index >= 15 is 0 Å². The Morgan fingerprint density at radius 1 is 0.947 bits per heavy atom. The Hall–Kier alpha value is -1.44. The highest BCUT2D eigenvalue weighted by Crippen LogP contribution is 2.39. The Kier molecular flexibility index (Phi) is 3.38. The first-order valence-electron chi connectivity index (χ1n) is 7.02. The SMILES string of the molecule is CCC(C)(C)c1c(C(C)(C)C)ccc2cnncc12. The fourth-order valence-electron chi connectivity index (χ4n) is 2.60. The summed E-state index contributed by atoms with van der Waals surface area (Å²) >= 11 is 0. The third-order valence-corrected chi connectivity index (χ3v) is 4.10. The van der Waals surface area contributed by atoms with Crippen molar-refractivity contribution >= 4 is 10.8 Å². The minimum absolute atomic E-state index is 0.138. The molecule has 0 saturated heterocycles. The maximum Gasteiger partial charge on any atom is 0.0577 e. The number of nitrogens with zero attached hydrogens (tertiary/aromatic N) is 2. The van der Waals surface area contributed by atoms with E-state index in [0.717, 1.165) is 6.42 Å². The molecule has 0 saturated carbocycles. The molecule has 1 aromatic heterocycles. The molecule has 0 atom stereocenters. The molecular formula is C17H24N2. The Labute approximate surface area is 116 Å². The first-order chi connectivity index (χ1) is 8.77. The molecule has 0 aliphatic heterocycles. The van der Waals surface area contributed by atoms with Crippen LogP contribution in [0.3, 0.4) is 0 Å². The second kappa shape index (κ2) is 4.59. The molecular weight excluding hydrogens is 232 g/mol. The Morgan fingerprint density at radius 2 is 1.58 bits per heavy atom. The number of fused-ring (bicyclic) bond motifs is 1. The van der Waals surface area contributed by atoms with Crippen LogP contribution in [0.25, 0.3) is 10.8 Å². The van der Waals surface area contributed by atoms with Crippen LogP contribution >= 0.6 is 0 Å². The fraction of sp³-hybridized carbons (Fsp3) is 0.529. The van der Waals surface area contributed by atoms with Crippen molar-refractivity contribution in [1.29, 1.82) is 0 Å². The lowest BCUT2D eigenvalue weighted by Gasteiger charge is -2.33. The van der Waals surface area contributed by atoms with Gasteiger partial charge in [0.15, 0.2) is 0 Å². The highest BCUT2D eigenvalue weighted by molar-refractivity contribution is 5.86. The third-order valence-electron chi connectivity index (χ3n) is 4.10. The first-order valence-corrected chi connectivity index (χ1v) is 7.02. The molecule has 0 bridgehead atoms. The van der Waals surface area contributed by atoms with Crippen LogP contribution in [0.1, 0.15) is 59.1 Å². The number of hydrogen-bond donors (Lipinski definition) is 0. The van der Waals surface area contributed by atoms with Gasteiger partial charge in [0.2, 0.25) is 0 Å². The van der Waals surface area contributed by atoms with E-state index in [2.05, 4.69) is 63.9 Å². The van der Waals surface area contributed by atoms with Gasteiger partial charge in [-0.1, -0.05) is 53.7 Å². The predicted octanol–water partition coefficient (Wildman–Crippen LogP) is 4.61. The van der Waals surface area contributed by atoms with Crippen molar-refractivity contribution in [1.82, 2.24) is 10.2 Å². The summed E-state index contributed by atoms with van der Waals surface area (Å²) in [5.41, 5.74) is 3.12. The fourth-order valence-corrected chi connectivity index (χ4v) is 2.60. The van der Waals surface area contributed by atoms with E-state index in [1.807, 2.05) is 12.4 Å². The molecule has 0 aliphatic carbocycles. The Morgan fingerprint density at radius 3 is 2.16 bits per heavy atom. The molecule has 2 aromatic rings. The van der Waals surface area contributed by atoms with Gasteiger partial charge in [-0.25, -0.2) is 0 Å². The average molecular weight is 256 g/mol. The van der Waals surface area contributed by atoms with Gasteiger partial charge in [0, 0.05) is 10.8 Å². The van der Waals surface area contributed by atoms with E-state index in [-0.39, 0.29) is 10.8 Å². The summed E-state index contributed by atoms with van der Waals surface area (Å²) in [4.78, 5) is 0. The van der Waals surface area contributed by atoms with E-state index in [4.69, 9.17) is 0 Å². The van der Waals surface area contributed by atoms with E-state index in [0.29, 0.717) is 0 Å². The number of hydrogen-bond acceptors (Lipinski definition) is 2. The zero-order valence-electron chi connectivity index (χ0n) is 12.9. The lowest BCUT2D eigenvalue weighted by Crippen LogP contribution is -2.24. The highest BCUT2D eigenvalue weighted by Gasteiger charge is 2.29. The zero-order valence-corrected chi connectivity index (χ0v) is 12.9. The van der Waals surface area contributed by atoms with Gasteiger partial charge in [0.05, 0.1) is 12.4 Å². The Balaban J connectivity index is 2.88. The van der Waals surface area contributed by atoms with Crippen molar-refractivity contribution in [2.45, 2.75) is 58.8 Å². The summed E-state index contributed by atoms with van der Waals surface area (Å²) in [5.74, 6) is 0. The van der Waals surface area contributed by atoms with Crippen LogP contribution in [0.5, 0.6) is 0 Å². The molecule has 0 spiro atoms. The molecule has 19 heavy (non-hydrogen) atoms. The van der Waals surface area contributed by atoms with Crippen molar-refractivity contribution in [3.8, 4) is 0 Å². The molecule has 102 valence electrons. The zero-order chi connectivity index (χ0) is 14.3. The predicted molar refractivity (Wildman–Crippen MR) is 81.6 cm³/mol. The number of benzene rings is 1. The molecule has 2 heteroatoms. The van der Waals surface area contributed by atoms with Gasteiger partial charge in [-0.15, -0.1) is 0 Å². The van der Waals surface area contributed by atoms with E-state index in [1.54, 1.807) is 0 Å². The smallest absolute Gasteiger partial charge is 0.0577 e. The van der Waals surface area contributed by atoms with Crippen LogP contribution in [-0.2, 0) is 10.8 Å². The van der Waals surface area contributed by atoms with Crippen molar-refractivity contribution in [2.75, 3.05) is 0 Å². The Bertz CT molecular complexity index is 592. The summed E-state index contributed by atoms with van der Waals surface area (Å²) < 4.78 is 0. The molecule has 0 unspecified atom stereocenters. The molecule has 0 fully saturated rings. The van der Waals surface area contributed by atoms with Crippen molar-refractivity contribution in [2.24, 2.45) is 0 Å². The van der Waals surface area contributed by atoms with Crippen molar-refractivity contribution < 1.29 is 0 Å². The maximum atomic E-state index is 4.09. The lowest BCUT2D eigenvalue weighted by atomic mass is 9.71. The standard InChI is InChI=1S/C17H24N2/c1-7-17(5,6)15-13-11-19-18-10-12(13)8-9-14(15)16(2,3)4/h8-11H,7H2,1-6H3. The molecule has 2 rings (SSSR count). The number of aromatic nitrogens is 2. The first kappa shape index (κ1) is 14.0. The molecule has 0 radical (unpaired) electrons. The maximum absolute atomic E-state index is 4.09. The normalized spacial score (nSPS) is 12.9. The van der Waals surface area contributed by atoms with Crippen LogP contribution in [0.4, 0.5) is 0 Å². The molecule has 1 heterocycles. The van der Waals surface area contributed by atoms with Crippen molar-refractivity contribution in [3.05, 3.63) is 35.7 Å². The number of rotatable bonds is 2. The third kappa shape index (κ3) is 2.49. The van der Waals surface area contributed by atoms with Crippen LogP contribution in [0.15, 0.2) is 24.5 Å². The summed E-state index contributed by atoms with van der Waals surface area (Å²) in [5, 5.41) is 10.5. The van der Waals surface area contributed by atoms with Crippen LogP contribution in [0.2, 0.25) is 0 Å². The van der Waals surface area contributed by atoms with E-state index in [9.17, 15) is 0 Å². The summed E-state index contributed by atoms with van der Waals surface area (Å²) in [6.07, 6.45) is 4.88. The largest absolute Gasteiger partial charge is 0.158 e. The van der Waals surface area contributed by atoms with Gasteiger partial charge in [0.25, 0.3) is 0 Å². The van der Waals surface area contributed by atoms with Gasteiger partial charge < -0.3 is 0 Å². The summed E-state index contributed by atoms with van der Waals surface area (Å²) in [6, 6.07) is 4.43. The van der Waals surface area contributed by atoms with Gasteiger partial charge in [0.1, 0.15) is 0 Å². The second-order valence-electron chi connectivity index (χ2n) is 6.97. The minimum Gasteiger partial charge on any atom is -0.158 e. The molecule has 0 N–H and O–H groups in total. The van der Waals surface area contributed by atoms with Gasteiger partial charge in [-0.3, -0.25) is 0 Å². The summed E-state index contributed by atoms with van der Waals surface area (Å²) in [7, 11) is 0. The molecule has 2 nitrogen and oxygen atoms in total. The van der Waals surface area contributed by atoms with Gasteiger partial charge >= 0.3 is 0 Å². The van der Waals surface area contributed by atoms with E-state index in [1.165, 1.54) is 21.9 Å². The van der Waals surface area contributed by atoms with Gasteiger partial charge in [-0.05, 0) is 28.4 Å². The van der Waals surface area contributed by atoms with Crippen molar-refractivity contribution in [3.63, 3.8) is 0 Å². The van der Waals surface area contributed by atoms with Gasteiger partial charge in [-0.2, -0.15) is 10.2 Å². The monoisotopic (exact) mass is 256 g/mol. The van der Waals surface area contributed by atoms with E-state index < -0.39 is 0 Å². The minimum atomic E-state index is 0.138. The molecule has 0 aliphatic rings. The average Bonchev–Trinajstić information content (AvgIpc) is 2.36. The van der Waals surface area contributed by atoms with Crippen LogP contribution < -0.4 is 0 Å². The second-order valence-corrected chi connectivity index (χ2v) is 6.97. The lowest BCUT2D eigenvalue weighted by molar-refractivity contribution is 0.484. The molecule has 0 amide bonds. The van der Waals surface area contributed by atoms with Crippen LogP contribution in [0, 0.1) is 0 Å². The quantitative estimate of drug-likeness (QED) is 0.783. The summed E-state index contributed by atoms with van der Waals surface area (Å²) in [6.45, 7) is 13.7. The molecule has 1 aromatic carbocycles. The van der Waals surface area contributed by atoms with Crippen LogP contribution in [-0.4, -0.2) is 10.2 Å².